The molecule has 0 aliphatic carbocycles. The number of aliphatic hydroxyl groups is 1. The topological polar surface area (TPSA) is 98.7 Å². The molecule has 1 spiro atoms. The average molecular weight is 500 g/mol. The van der Waals surface area contributed by atoms with E-state index in [0.717, 1.165) is 6.42 Å². The van der Waals surface area contributed by atoms with E-state index in [9.17, 15) is 19.5 Å². The van der Waals surface area contributed by atoms with Crippen molar-refractivity contribution in [2.75, 3.05) is 17.2 Å². The van der Waals surface area contributed by atoms with Gasteiger partial charge in [-0.15, -0.1) is 11.8 Å². The number of aliphatic hydroxyl groups excluding tert-OH is 1. The lowest BCUT2D eigenvalue weighted by Gasteiger charge is -2.36. The van der Waals surface area contributed by atoms with Gasteiger partial charge in [-0.2, -0.15) is 0 Å². The van der Waals surface area contributed by atoms with Crippen LogP contribution in [0.1, 0.15) is 19.8 Å². The molecule has 2 unspecified atom stereocenters. The summed E-state index contributed by atoms with van der Waals surface area (Å²) in [7, 11) is 0. The molecule has 7 nitrogen and oxygen atoms in total. The third kappa shape index (κ3) is 3.68. The van der Waals surface area contributed by atoms with Gasteiger partial charge in [-0.1, -0.05) is 29.8 Å². The van der Waals surface area contributed by atoms with E-state index >= 15 is 0 Å². The number of rotatable bonds is 6. The van der Waals surface area contributed by atoms with Gasteiger partial charge in [0.05, 0.1) is 29.2 Å². The minimum Gasteiger partial charge on any atom is -0.394 e. The standard InChI is InChI=1S/C25H26ClN3O4S/c1-14(13-30)29-21(23(32)28-17-9-7-15(26)8-10-17)25-12-11-18(34-25)19(20(25)24(29)33)22(31)27-16-5-3-2-4-6-16/h2-10,14,18-21,30H,11-13H2,1H3,(H,27,31)(H,28,32)/t14-,18+,19-,20+,21?,25?/m1/s1. The Kier molecular flexibility index (Phi) is 6.08. The van der Waals surface area contributed by atoms with Crippen molar-refractivity contribution in [3.8, 4) is 0 Å². The number of hydrogen-bond donors (Lipinski definition) is 3. The van der Waals surface area contributed by atoms with Crippen LogP contribution < -0.4 is 10.6 Å². The fourth-order valence-corrected chi connectivity index (χ4v) is 8.08. The Morgan fingerprint density at radius 3 is 2.44 bits per heavy atom. The highest BCUT2D eigenvalue weighted by molar-refractivity contribution is 8.02. The number of amides is 3. The number of halogens is 1. The summed E-state index contributed by atoms with van der Waals surface area (Å²) in [6.07, 6.45) is 1.43. The number of hydrogen-bond acceptors (Lipinski definition) is 5. The van der Waals surface area contributed by atoms with Crippen molar-refractivity contribution in [1.29, 1.82) is 0 Å². The van der Waals surface area contributed by atoms with Gasteiger partial charge in [0.15, 0.2) is 0 Å². The number of benzene rings is 2. The molecule has 2 bridgehead atoms. The highest BCUT2D eigenvalue weighted by atomic mass is 35.5. The first-order valence-electron chi connectivity index (χ1n) is 11.4. The molecule has 5 rings (SSSR count). The highest BCUT2D eigenvalue weighted by Gasteiger charge is 2.74. The number of nitrogens with zero attached hydrogens (tertiary/aromatic N) is 1. The molecule has 3 heterocycles. The van der Waals surface area contributed by atoms with Crippen molar-refractivity contribution in [1.82, 2.24) is 4.90 Å². The molecule has 3 amide bonds. The lowest BCUT2D eigenvalue weighted by Crippen LogP contribution is -2.54. The zero-order valence-corrected chi connectivity index (χ0v) is 20.2. The van der Waals surface area contributed by atoms with Crippen LogP contribution in [0.25, 0.3) is 0 Å². The van der Waals surface area contributed by atoms with Crippen molar-refractivity contribution >= 4 is 52.5 Å². The van der Waals surface area contributed by atoms with Crippen LogP contribution >= 0.6 is 23.4 Å². The summed E-state index contributed by atoms with van der Waals surface area (Å²) in [5, 5.41) is 16.3. The smallest absolute Gasteiger partial charge is 0.248 e. The van der Waals surface area contributed by atoms with E-state index in [-0.39, 0.29) is 29.6 Å². The molecular weight excluding hydrogens is 474 g/mol. The molecule has 34 heavy (non-hydrogen) atoms. The van der Waals surface area contributed by atoms with E-state index in [0.29, 0.717) is 22.8 Å². The molecule has 6 atom stereocenters. The maximum Gasteiger partial charge on any atom is 0.248 e. The Morgan fingerprint density at radius 2 is 1.76 bits per heavy atom. The Hall–Kier alpha value is -2.55. The fraction of sp³-hybridized carbons (Fsp3) is 0.400. The quantitative estimate of drug-likeness (QED) is 0.566. The number of likely N-dealkylation sites (tertiary alicyclic amines) is 1. The monoisotopic (exact) mass is 499 g/mol. The number of carbonyl (C=O) groups excluding carboxylic acids is 3. The van der Waals surface area contributed by atoms with Gasteiger partial charge >= 0.3 is 0 Å². The zero-order valence-electron chi connectivity index (χ0n) is 18.6. The molecule has 3 N–H and O–H groups in total. The zero-order chi connectivity index (χ0) is 24.0. The summed E-state index contributed by atoms with van der Waals surface area (Å²) in [5.74, 6) is -1.89. The van der Waals surface area contributed by atoms with Crippen LogP contribution in [0.2, 0.25) is 5.02 Å². The second-order valence-corrected chi connectivity index (χ2v) is 11.2. The minimum absolute atomic E-state index is 0.0323. The number of anilines is 2. The third-order valence-electron chi connectivity index (χ3n) is 7.18. The maximum atomic E-state index is 13.8. The van der Waals surface area contributed by atoms with E-state index in [1.165, 1.54) is 4.90 Å². The first-order valence-corrected chi connectivity index (χ1v) is 12.6. The van der Waals surface area contributed by atoms with E-state index in [2.05, 4.69) is 10.6 Å². The van der Waals surface area contributed by atoms with Crippen LogP contribution in [0.3, 0.4) is 0 Å². The lowest BCUT2D eigenvalue weighted by molar-refractivity contribution is -0.140. The van der Waals surface area contributed by atoms with Crippen LogP contribution in [0.5, 0.6) is 0 Å². The molecule has 3 aliphatic rings. The van der Waals surface area contributed by atoms with Gasteiger partial charge in [-0.05, 0) is 56.2 Å². The molecule has 3 saturated heterocycles. The van der Waals surface area contributed by atoms with Crippen LogP contribution in [0.4, 0.5) is 11.4 Å². The van der Waals surface area contributed by atoms with Crippen molar-refractivity contribution in [3.63, 3.8) is 0 Å². The largest absolute Gasteiger partial charge is 0.394 e. The molecule has 2 aromatic rings. The molecule has 3 fully saturated rings. The van der Waals surface area contributed by atoms with Gasteiger partial charge in [0.2, 0.25) is 17.7 Å². The summed E-state index contributed by atoms with van der Waals surface area (Å²) in [5.41, 5.74) is 1.26. The number of nitrogens with one attached hydrogen (secondary N) is 2. The minimum atomic E-state index is -0.785. The summed E-state index contributed by atoms with van der Waals surface area (Å²) in [6, 6.07) is 14.6. The first-order chi connectivity index (χ1) is 16.4. The number of thioether (sulfide) groups is 1. The molecule has 178 valence electrons. The maximum absolute atomic E-state index is 13.8. The van der Waals surface area contributed by atoms with Crippen molar-refractivity contribution in [3.05, 3.63) is 59.6 Å². The Balaban J connectivity index is 1.47. The Labute approximate surface area is 207 Å². The molecular formula is C25H26ClN3O4S. The van der Waals surface area contributed by atoms with Gasteiger partial charge < -0.3 is 20.6 Å². The summed E-state index contributed by atoms with van der Waals surface area (Å²) < 4.78 is -0.708. The lowest BCUT2D eigenvalue weighted by atomic mass is 9.70. The van der Waals surface area contributed by atoms with Gasteiger partial charge in [-0.3, -0.25) is 14.4 Å². The highest BCUT2D eigenvalue weighted by Crippen LogP contribution is 2.66. The normalized spacial score (nSPS) is 30.2. The Bertz CT molecular complexity index is 1110. The molecule has 2 aromatic carbocycles. The van der Waals surface area contributed by atoms with Crippen molar-refractivity contribution < 1.29 is 19.5 Å². The molecule has 9 heteroatoms. The Morgan fingerprint density at radius 1 is 1.12 bits per heavy atom. The summed E-state index contributed by atoms with van der Waals surface area (Å²) >= 11 is 7.56. The molecule has 0 radical (unpaired) electrons. The number of para-hydroxylation sites is 1. The summed E-state index contributed by atoms with van der Waals surface area (Å²) in [4.78, 5) is 42.3. The molecule has 0 aromatic heterocycles. The SMILES string of the molecule is C[C@H](CO)N1C(=O)[C@@H]2[C@H](C(=O)Nc3ccccc3)[C@@H]3CCC2(S3)C1C(=O)Nc1ccc(Cl)cc1. The van der Waals surface area contributed by atoms with Crippen LogP contribution in [-0.4, -0.2) is 56.4 Å². The third-order valence-corrected chi connectivity index (χ3v) is 9.39. The van der Waals surface area contributed by atoms with Gasteiger partial charge in [0.1, 0.15) is 6.04 Å². The predicted octanol–water partition coefficient (Wildman–Crippen LogP) is 3.39. The van der Waals surface area contributed by atoms with E-state index in [4.69, 9.17) is 11.6 Å². The van der Waals surface area contributed by atoms with Crippen LogP contribution in [0, 0.1) is 11.8 Å². The van der Waals surface area contributed by atoms with Crippen LogP contribution in [0.15, 0.2) is 54.6 Å². The summed E-state index contributed by atoms with van der Waals surface area (Å²) in [6.45, 7) is 1.46. The van der Waals surface area contributed by atoms with Gasteiger partial charge in [0.25, 0.3) is 0 Å². The van der Waals surface area contributed by atoms with Crippen molar-refractivity contribution in [2.45, 2.75) is 41.8 Å². The second-order valence-electron chi connectivity index (χ2n) is 9.18. The van der Waals surface area contributed by atoms with E-state index < -0.39 is 28.7 Å². The fourth-order valence-electron chi connectivity index (χ4n) is 5.74. The number of carbonyl (C=O) groups is 3. The number of fused-ring (bicyclic) bond motifs is 1. The second kappa shape index (κ2) is 8.91. The van der Waals surface area contributed by atoms with Gasteiger partial charge in [-0.25, -0.2) is 0 Å². The average Bonchev–Trinajstić information content (AvgIpc) is 3.48. The molecule has 0 saturated carbocycles. The van der Waals surface area contributed by atoms with E-state index in [1.54, 1.807) is 43.0 Å². The van der Waals surface area contributed by atoms with Crippen LogP contribution in [-0.2, 0) is 14.4 Å². The van der Waals surface area contributed by atoms with Gasteiger partial charge in [0, 0.05) is 21.6 Å². The van der Waals surface area contributed by atoms with Crippen molar-refractivity contribution in [2.24, 2.45) is 11.8 Å². The van der Waals surface area contributed by atoms with E-state index in [1.807, 2.05) is 30.3 Å². The predicted molar refractivity (Wildman–Crippen MR) is 133 cm³/mol. The first kappa shape index (κ1) is 23.2. The molecule has 3 aliphatic heterocycles.